The van der Waals surface area contributed by atoms with E-state index in [2.05, 4.69) is 23.5 Å². The van der Waals surface area contributed by atoms with E-state index in [1.165, 1.54) is 5.56 Å². The first kappa shape index (κ1) is 14.0. The zero-order chi connectivity index (χ0) is 14.7. The van der Waals surface area contributed by atoms with Gasteiger partial charge in [-0.15, -0.1) is 0 Å². The van der Waals surface area contributed by atoms with E-state index in [0.717, 1.165) is 23.5 Å². The summed E-state index contributed by atoms with van der Waals surface area (Å²) in [6.45, 7) is 2.67. The molecule has 0 aliphatic carbocycles. The Bertz CT molecular complexity index is 612. The maximum absolute atomic E-state index is 6.22. The van der Waals surface area contributed by atoms with Gasteiger partial charge in [0.15, 0.2) is 0 Å². The van der Waals surface area contributed by atoms with Crippen LogP contribution in [0.1, 0.15) is 36.6 Å². The van der Waals surface area contributed by atoms with Gasteiger partial charge in [-0.05, 0) is 26.1 Å². The van der Waals surface area contributed by atoms with Crippen molar-refractivity contribution < 1.29 is 9.47 Å². The second-order valence-corrected chi connectivity index (χ2v) is 5.19. The Labute approximate surface area is 125 Å². The zero-order valence-electron chi connectivity index (χ0n) is 12.5. The number of hydrogen-bond acceptors (Lipinski definition) is 3. The summed E-state index contributed by atoms with van der Waals surface area (Å²) in [6, 6.07) is 16.7. The maximum Gasteiger partial charge on any atom is 0.129 e. The van der Waals surface area contributed by atoms with E-state index < -0.39 is 0 Å². The van der Waals surface area contributed by atoms with Crippen molar-refractivity contribution >= 4 is 0 Å². The van der Waals surface area contributed by atoms with Gasteiger partial charge in [0.1, 0.15) is 17.6 Å². The van der Waals surface area contributed by atoms with Crippen molar-refractivity contribution in [3.05, 3.63) is 59.7 Å². The highest BCUT2D eigenvalue weighted by molar-refractivity contribution is 5.42. The number of ether oxygens (including phenoxy) is 2. The second-order valence-electron chi connectivity index (χ2n) is 5.19. The van der Waals surface area contributed by atoms with Gasteiger partial charge < -0.3 is 14.8 Å². The Morgan fingerprint density at radius 1 is 1.10 bits per heavy atom. The molecule has 110 valence electrons. The highest BCUT2D eigenvalue weighted by atomic mass is 16.5. The van der Waals surface area contributed by atoms with Gasteiger partial charge in [0.25, 0.3) is 0 Å². The summed E-state index contributed by atoms with van der Waals surface area (Å²) in [5.41, 5.74) is 2.35. The number of nitrogens with one attached hydrogen (secondary N) is 1. The van der Waals surface area contributed by atoms with E-state index in [1.54, 1.807) is 0 Å². The van der Waals surface area contributed by atoms with Crippen LogP contribution in [-0.2, 0) is 0 Å². The molecule has 1 aliphatic heterocycles. The van der Waals surface area contributed by atoms with Crippen LogP contribution in [0, 0.1) is 0 Å². The number of benzene rings is 2. The van der Waals surface area contributed by atoms with E-state index >= 15 is 0 Å². The molecule has 0 saturated carbocycles. The first-order chi connectivity index (χ1) is 10.3. The minimum atomic E-state index is 0.0140. The number of rotatable bonds is 4. The van der Waals surface area contributed by atoms with Crippen LogP contribution in [0.25, 0.3) is 0 Å². The highest BCUT2D eigenvalue weighted by Crippen LogP contribution is 2.42. The summed E-state index contributed by atoms with van der Waals surface area (Å²) in [5.74, 6) is 1.87. The second kappa shape index (κ2) is 6.19. The molecule has 0 bridgehead atoms. The van der Waals surface area contributed by atoms with Gasteiger partial charge in [0.2, 0.25) is 0 Å². The van der Waals surface area contributed by atoms with Gasteiger partial charge in [0, 0.05) is 23.6 Å². The molecule has 2 aromatic rings. The molecule has 3 nitrogen and oxygen atoms in total. The minimum Gasteiger partial charge on any atom is -0.493 e. The summed E-state index contributed by atoms with van der Waals surface area (Å²) >= 11 is 0. The molecular formula is C18H21NO2. The Morgan fingerprint density at radius 3 is 2.57 bits per heavy atom. The highest BCUT2D eigenvalue weighted by Gasteiger charge is 2.29. The van der Waals surface area contributed by atoms with E-state index in [1.807, 2.05) is 44.3 Å². The summed E-state index contributed by atoms with van der Waals surface area (Å²) in [6.07, 6.45) is 0.914. The summed E-state index contributed by atoms with van der Waals surface area (Å²) in [4.78, 5) is 0. The van der Waals surface area contributed by atoms with Crippen LogP contribution in [0.4, 0.5) is 0 Å². The van der Waals surface area contributed by atoms with Crippen molar-refractivity contribution in [2.75, 3.05) is 13.7 Å². The summed E-state index contributed by atoms with van der Waals surface area (Å²) in [7, 11) is 2.00. The molecule has 3 rings (SSSR count). The normalized spacial score (nSPS) is 20.5. The molecular weight excluding hydrogens is 262 g/mol. The Hall–Kier alpha value is -2.00. The molecule has 3 heteroatoms. The third-order valence-electron chi connectivity index (χ3n) is 3.93. The standard InChI is InChI=1S/C18H21NO2/c1-3-20-16-10-6-5-9-14(16)18-12-15(19-2)13-8-4-7-11-17(13)21-18/h4-11,15,18-19H,3,12H2,1-2H3. The van der Waals surface area contributed by atoms with Crippen LogP contribution >= 0.6 is 0 Å². The van der Waals surface area contributed by atoms with Gasteiger partial charge in [-0.1, -0.05) is 36.4 Å². The molecule has 2 aromatic carbocycles. The first-order valence-electron chi connectivity index (χ1n) is 7.48. The van der Waals surface area contributed by atoms with E-state index in [0.29, 0.717) is 12.6 Å². The number of hydrogen-bond donors (Lipinski definition) is 1. The number of para-hydroxylation sites is 2. The monoisotopic (exact) mass is 283 g/mol. The van der Waals surface area contributed by atoms with Gasteiger partial charge in [-0.2, -0.15) is 0 Å². The van der Waals surface area contributed by atoms with Crippen LogP contribution in [0.5, 0.6) is 11.5 Å². The molecule has 0 fully saturated rings. The third-order valence-corrected chi connectivity index (χ3v) is 3.93. The SMILES string of the molecule is CCOc1ccccc1C1CC(NC)c2ccccc2O1. The average molecular weight is 283 g/mol. The molecule has 2 atom stereocenters. The molecule has 0 spiro atoms. The summed E-state index contributed by atoms with van der Waals surface area (Å²) in [5, 5.41) is 3.39. The fourth-order valence-corrected chi connectivity index (χ4v) is 2.92. The lowest BCUT2D eigenvalue weighted by Gasteiger charge is -2.33. The largest absolute Gasteiger partial charge is 0.493 e. The molecule has 0 amide bonds. The fourth-order valence-electron chi connectivity index (χ4n) is 2.92. The van der Waals surface area contributed by atoms with Gasteiger partial charge in [-0.25, -0.2) is 0 Å². The predicted octanol–water partition coefficient (Wildman–Crippen LogP) is 3.87. The van der Waals surface area contributed by atoms with Gasteiger partial charge in [-0.3, -0.25) is 0 Å². The van der Waals surface area contributed by atoms with Gasteiger partial charge >= 0.3 is 0 Å². The molecule has 0 saturated heterocycles. The lowest BCUT2D eigenvalue weighted by molar-refractivity contribution is 0.149. The van der Waals surface area contributed by atoms with Crippen LogP contribution in [0.3, 0.4) is 0 Å². The minimum absolute atomic E-state index is 0.0140. The molecule has 2 unspecified atom stereocenters. The topological polar surface area (TPSA) is 30.5 Å². The van der Waals surface area contributed by atoms with Crippen LogP contribution in [0.2, 0.25) is 0 Å². The molecule has 0 radical (unpaired) electrons. The van der Waals surface area contributed by atoms with E-state index in [4.69, 9.17) is 9.47 Å². The van der Waals surface area contributed by atoms with Crippen molar-refractivity contribution in [3.63, 3.8) is 0 Å². The Morgan fingerprint density at radius 2 is 1.81 bits per heavy atom. The fraction of sp³-hybridized carbons (Fsp3) is 0.333. The van der Waals surface area contributed by atoms with Crippen LogP contribution < -0.4 is 14.8 Å². The van der Waals surface area contributed by atoms with Crippen molar-refractivity contribution in [2.24, 2.45) is 0 Å². The zero-order valence-corrected chi connectivity index (χ0v) is 12.5. The molecule has 1 aliphatic rings. The smallest absolute Gasteiger partial charge is 0.129 e. The van der Waals surface area contributed by atoms with Crippen molar-refractivity contribution in [2.45, 2.75) is 25.5 Å². The quantitative estimate of drug-likeness (QED) is 0.924. The predicted molar refractivity (Wildman–Crippen MR) is 83.8 cm³/mol. The molecule has 0 aromatic heterocycles. The van der Waals surface area contributed by atoms with Crippen molar-refractivity contribution in [1.82, 2.24) is 5.32 Å². The maximum atomic E-state index is 6.22. The first-order valence-corrected chi connectivity index (χ1v) is 7.48. The lowest BCUT2D eigenvalue weighted by Crippen LogP contribution is -2.27. The van der Waals surface area contributed by atoms with E-state index in [9.17, 15) is 0 Å². The van der Waals surface area contributed by atoms with Crippen LogP contribution in [0.15, 0.2) is 48.5 Å². The van der Waals surface area contributed by atoms with E-state index in [-0.39, 0.29) is 6.10 Å². The van der Waals surface area contributed by atoms with Crippen molar-refractivity contribution in [3.8, 4) is 11.5 Å². The van der Waals surface area contributed by atoms with Crippen LogP contribution in [-0.4, -0.2) is 13.7 Å². The Balaban J connectivity index is 1.95. The third kappa shape index (κ3) is 2.74. The molecule has 21 heavy (non-hydrogen) atoms. The average Bonchev–Trinajstić information content (AvgIpc) is 2.54. The summed E-state index contributed by atoms with van der Waals surface area (Å²) < 4.78 is 12.0. The molecule has 1 heterocycles. The van der Waals surface area contributed by atoms with Crippen molar-refractivity contribution in [1.29, 1.82) is 0 Å². The van der Waals surface area contributed by atoms with Gasteiger partial charge in [0.05, 0.1) is 6.61 Å². The molecule has 1 N–H and O–H groups in total. The number of fused-ring (bicyclic) bond motifs is 1. The Kier molecular flexibility index (Phi) is 4.11. The lowest BCUT2D eigenvalue weighted by atomic mass is 9.92.